The highest BCUT2D eigenvalue weighted by Crippen LogP contribution is 2.17. The highest BCUT2D eigenvalue weighted by molar-refractivity contribution is 4.67. The van der Waals surface area contributed by atoms with Crippen molar-refractivity contribution < 1.29 is 5.21 Å². The fraction of sp³-hybridized carbons (Fsp3) is 1.00. The molecule has 1 aliphatic rings. The molecular weight excluding hydrogens is 128 g/mol. The van der Waals surface area contributed by atoms with Crippen molar-refractivity contribution in [1.29, 1.82) is 0 Å². The first kappa shape index (κ1) is 7.98. The van der Waals surface area contributed by atoms with E-state index in [2.05, 4.69) is 0 Å². The zero-order valence-electron chi connectivity index (χ0n) is 6.29. The average Bonchev–Trinajstić information content (AvgIpc) is 1.95. The van der Waals surface area contributed by atoms with Gasteiger partial charge in [-0.2, -0.15) is 5.06 Å². The van der Waals surface area contributed by atoms with Gasteiger partial charge in [0.05, 0.1) is 0 Å². The molecular formula is C7H16N2O. The highest BCUT2D eigenvalue weighted by Gasteiger charge is 2.16. The lowest BCUT2D eigenvalue weighted by Crippen LogP contribution is -2.31. The van der Waals surface area contributed by atoms with Gasteiger partial charge in [-0.25, -0.2) is 0 Å². The standard InChI is InChI=1S/C7H16N2O/c8-4-1-7-2-5-9(10)6-3-7/h7,10H,1-6,8H2. The maximum Gasteiger partial charge on any atom is 0.0240 e. The molecule has 3 nitrogen and oxygen atoms in total. The molecule has 1 aliphatic heterocycles. The Morgan fingerprint density at radius 2 is 2.00 bits per heavy atom. The summed E-state index contributed by atoms with van der Waals surface area (Å²) in [6.07, 6.45) is 3.33. The number of hydrogen-bond acceptors (Lipinski definition) is 3. The first-order valence-corrected chi connectivity index (χ1v) is 3.97. The maximum absolute atomic E-state index is 9.00. The molecule has 0 aliphatic carbocycles. The van der Waals surface area contributed by atoms with Gasteiger partial charge in [0.1, 0.15) is 0 Å². The van der Waals surface area contributed by atoms with Crippen molar-refractivity contribution in [2.45, 2.75) is 19.3 Å². The van der Waals surface area contributed by atoms with Crippen LogP contribution in [0.2, 0.25) is 0 Å². The van der Waals surface area contributed by atoms with E-state index >= 15 is 0 Å². The average molecular weight is 144 g/mol. The smallest absolute Gasteiger partial charge is 0.0240 e. The van der Waals surface area contributed by atoms with Gasteiger partial charge in [0, 0.05) is 13.1 Å². The van der Waals surface area contributed by atoms with Crippen LogP contribution >= 0.6 is 0 Å². The highest BCUT2D eigenvalue weighted by atomic mass is 16.5. The minimum absolute atomic E-state index is 0.758. The fourth-order valence-corrected chi connectivity index (χ4v) is 1.44. The third-order valence-corrected chi connectivity index (χ3v) is 2.17. The lowest BCUT2D eigenvalue weighted by Gasteiger charge is -2.26. The number of nitrogens with zero attached hydrogens (tertiary/aromatic N) is 1. The van der Waals surface area contributed by atoms with E-state index < -0.39 is 0 Å². The summed E-state index contributed by atoms with van der Waals surface area (Å²) in [6.45, 7) is 2.44. The zero-order valence-corrected chi connectivity index (χ0v) is 6.29. The Hall–Kier alpha value is -0.120. The molecule has 0 saturated carbocycles. The fourth-order valence-electron chi connectivity index (χ4n) is 1.44. The van der Waals surface area contributed by atoms with Crippen molar-refractivity contribution in [2.75, 3.05) is 19.6 Å². The quantitative estimate of drug-likeness (QED) is 0.591. The normalized spacial score (nSPS) is 23.4. The molecule has 10 heavy (non-hydrogen) atoms. The van der Waals surface area contributed by atoms with Crippen LogP contribution in [0.1, 0.15) is 19.3 Å². The van der Waals surface area contributed by atoms with Crippen LogP contribution in [-0.4, -0.2) is 29.9 Å². The summed E-state index contributed by atoms with van der Waals surface area (Å²) in [4.78, 5) is 0. The number of piperidine rings is 1. The Bertz CT molecular complexity index is 89.6. The maximum atomic E-state index is 9.00. The van der Waals surface area contributed by atoms with Crippen molar-refractivity contribution in [3.63, 3.8) is 0 Å². The Kier molecular flexibility index (Phi) is 3.12. The number of nitrogens with two attached hydrogens (primary N) is 1. The molecule has 1 saturated heterocycles. The molecule has 1 fully saturated rings. The van der Waals surface area contributed by atoms with Crippen LogP contribution in [0.5, 0.6) is 0 Å². The monoisotopic (exact) mass is 144 g/mol. The number of hydroxylamine groups is 2. The molecule has 1 heterocycles. The summed E-state index contributed by atoms with van der Waals surface area (Å²) in [6, 6.07) is 0. The van der Waals surface area contributed by atoms with E-state index in [-0.39, 0.29) is 0 Å². The van der Waals surface area contributed by atoms with Gasteiger partial charge >= 0.3 is 0 Å². The minimum Gasteiger partial charge on any atom is -0.330 e. The molecule has 3 N–H and O–H groups in total. The first-order chi connectivity index (χ1) is 4.83. The van der Waals surface area contributed by atoms with Gasteiger partial charge in [0.15, 0.2) is 0 Å². The molecule has 0 aromatic carbocycles. The molecule has 0 aromatic heterocycles. The summed E-state index contributed by atoms with van der Waals surface area (Å²) in [7, 11) is 0. The van der Waals surface area contributed by atoms with Gasteiger partial charge in [0.25, 0.3) is 0 Å². The lowest BCUT2D eigenvalue weighted by atomic mass is 9.95. The van der Waals surface area contributed by atoms with Crippen LogP contribution in [-0.2, 0) is 0 Å². The summed E-state index contributed by atoms with van der Waals surface area (Å²) in [5.41, 5.74) is 5.42. The van der Waals surface area contributed by atoms with E-state index in [4.69, 9.17) is 10.9 Å². The van der Waals surface area contributed by atoms with E-state index in [0.29, 0.717) is 0 Å². The Labute approximate surface area is 61.8 Å². The summed E-state index contributed by atoms with van der Waals surface area (Å²) >= 11 is 0. The molecule has 0 bridgehead atoms. The van der Waals surface area contributed by atoms with Crippen molar-refractivity contribution in [2.24, 2.45) is 11.7 Å². The van der Waals surface area contributed by atoms with Crippen molar-refractivity contribution in [3.8, 4) is 0 Å². The second-order valence-corrected chi connectivity index (χ2v) is 2.97. The van der Waals surface area contributed by atoms with Gasteiger partial charge < -0.3 is 10.9 Å². The van der Waals surface area contributed by atoms with Gasteiger partial charge in [0.2, 0.25) is 0 Å². The van der Waals surface area contributed by atoms with Gasteiger partial charge in [-0.05, 0) is 31.7 Å². The van der Waals surface area contributed by atoms with Crippen LogP contribution in [0.25, 0.3) is 0 Å². The summed E-state index contributed by atoms with van der Waals surface area (Å²) in [5, 5.41) is 10.4. The second-order valence-electron chi connectivity index (χ2n) is 2.97. The summed E-state index contributed by atoms with van der Waals surface area (Å²) in [5.74, 6) is 0.758. The molecule has 60 valence electrons. The van der Waals surface area contributed by atoms with Crippen LogP contribution in [0.15, 0.2) is 0 Å². The van der Waals surface area contributed by atoms with Gasteiger partial charge in [-0.1, -0.05) is 0 Å². The largest absolute Gasteiger partial charge is 0.330 e. The van der Waals surface area contributed by atoms with Crippen LogP contribution in [0.4, 0.5) is 0 Å². The van der Waals surface area contributed by atoms with E-state index in [9.17, 15) is 0 Å². The van der Waals surface area contributed by atoms with Crippen LogP contribution < -0.4 is 5.73 Å². The second kappa shape index (κ2) is 3.91. The van der Waals surface area contributed by atoms with Crippen molar-refractivity contribution >= 4 is 0 Å². The number of rotatable bonds is 2. The van der Waals surface area contributed by atoms with E-state index in [1.54, 1.807) is 0 Å². The SMILES string of the molecule is NCCC1CCN(O)CC1. The molecule has 0 amide bonds. The van der Waals surface area contributed by atoms with Crippen LogP contribution in [0, 0.1) is 5.92 Å². The Morgan fingerprint density at radius 3 is 2.50 bits per heavy atom. The predicted molar refractivity (Wildman–Crippen MR) is 39.8 cm³/mol. The first-order valence-electron chi connectivity index (χ1n) is 3.97. The molecule has 0 radical (unpaired) electrons. The minimum atomic E-state index is 0.758. The molecule has 3 heteroatoms. The molecule has 0 spiro atoms. The molecule has 0 unspecified atom stereocenters. The van der Waals surface area contributed by atoms with Gasteiger partial charge in [-0.3, -0.25) is 0 Å². The third-order valence-electron chi connectivity index (χ3n) is 2.17. The zero-order chi connectivity index (χ0) is 7.40. The van der Waals surface area contributed by atoms with E-state index in [0.717, 1.165) is 44.8 Å². The Balaban J connectivity index is 2.13. The van der Waals surface area contributed by atoms with Crippen molar-refractivity contribution in [3.05, 3.63) is 0 Å². The van der Waals surface area contributed by atoms with Crippen molar-refractivity contribution in [1.82, 2.24) is 5.06 Å². The topological polar surface area (TPSA) is 49.5 Å². The number of hydrogen-bond donors (Lipinski definition) is 2. The summed E-state index contributed by atoms with van der Waals surface area (Å²) < 4.78 is 0. The molecule has 0 aromatic rings. The lowest BCUT2D eigenvalue weighted by molar-refractivity contribution is -0.112. The van der Waals surface area contributed by atoms with Gasteiger partial charge in [-0.15, -0.1) is 0 Å². The third kappa shape index (κ3) is 2.25. The van der Waals surface area contributed by atoms with E-state index in [1.165, 1.54) is 5.06 Å². The Morgan fingerprint density at radius 1 is 1.40 bits per heavy atom. The predicted octanol–water partition coefficient (Wildman–Crippen LogP) is 0.436. The molecule has 0 atom stereocenters. The van der Waals surface area contributed by atoms with E-state index in [1.807, 2.05) is 0 Å². The molecule has 1 rings (SSSR count). The van der Waals surface area contributed by atoms with Crippen LogP contribution in [0.3, 0.4) is 0 Å².